The van der Waals surface area contributed by atoms with Crippen LogP contribution in [0.2, 0.25) is 0 Å². The van der Waals surface area contributed by atoms with Gasteiger partial charge in [-0.05, 0) is 42.2 Å². The minimum Gasteiger partial charge on any atom is -0.378 e. The molecule has 1 unspecified atom stereocenters. The van der Waals surface area contributed by atoms with Crippen molar-refractivity contribution in [2.45, 2.75) is 19.8 Å². The van der Waals surface area contributed by atoms with E-state index < -0.39 is 10.0 Å². The van der Waals surface area contributed by atoms with Crippen molar-refractivity contribution in [1.82, 2.24) is 10.2 Å². The SMILES string of the molecule is CCC(CNC(=O)CN(c1ccc(C(=O)N2CCOCC2)cc1)S(C)(=O)=O)Cc1ccccc1. The van der Waals surface area contributed by atoms with E-state index in [1.807, 2.05) is 18.2 Å². The van der Waals surface area contributed by atoms with E-state index in [-0.39, 0.29) is 24.3 Å². The van der Waals surface area contributed by atoms with Gasteiger partial charge in [0.25, 0.3) is 5.91 Å². The number of amides is 2. The number of anilines is 1. The van der Waals surface area contributed by atoms with Crippen LogP contribution < -0.4 is 9.62 Å². The van der Waals surface area contributed by atoms with E-state index in [0.29, 0.717) is 44.1 Å². The summed E-state index contributed by atoms with van der Waals surface area (Å²) >= 11 is 0. The van der Waals surface area contributed by atoms with Crippen LogP contribution in [0, 0.1) is 5.92 Å². The number of hydrogen-bond donors (Lipinski definition) is 1. The zero-order valence-electron chi connectivity index (χ0n) is 19.8. The molecule has 0 radical (unpaired) electrons. The van der Waals surface area contributed by atoms with Crippen LogP contribution in [0.15, 0.2) is 54.6 Å². The number of ether oxygens (including phenoxy) is 1. The van der Waals surface area contributed by atoms with Gasteiger partial charge in [-0.3, -0.25) is 13.9 Å². The summed E-state index contributed by atoms with van der Waals surface area (Å²) in [4.78, 5) is 27.0. The van der Waals surface area contributed by atoms with Crippen LogP contribution >= 0.6 is 0 Å². The standard InChI is InChI=1S/C25H33N3O5S/c1-3-20(17-21-7-5-4-6-8-21)18-26-24(29)19-28(34(2,31)32)23-11-9-22(10-12-23)25(30)27-13-15-33-16-14-27/h4-12,20H,3,13-19H2,1-2H3,(H,26,29). The van der Waals surface area contributed by atoms with Crippen LogP contribution in [0.1, 0.15) is 29.3 Å². The Labute approximate surface area is 201 Å². The molecular formula is C25H33N3O5S. The Bertz CT molecular complexity index is 1050. The monoisotopic (exact) mass is 487 g/mol. The van der Waals surface area contributed by atoms with Crippen molar-refractivity contribution in [2.75, 3.05) is 50.0 Å². The van der Waals surface area contributed by atoms with E-state index in [2.05, 4.69) is 24.4 Å². The molecule has 0 saturated carbocycles. The van der Waals surface area contributed by atoms with Crippen molar-refractivity contribution in [3.8, 4) is 0 Å². The molecule has 0 aliphatic carbocycles. The first-order valence-corrected chi connectivity index (χ1v) is 13.4. The molecule has 9 heteroatoms. The summed E-state index contributed by atoms with van der Waals surface area (Å²) in [7, 11) is -3.70. The Hall–Kier alpha value is -2.91. The molecule has 0 spiro atoms. The van der Waals surface area contributed by atoms with E-state index in [1.165, 1.54) is 5.56 Å². The smallest absolute Gasteiger partial charge is 0.254 e. The number of morpholine rings is 1. The van der Waals surface area contributed by atoms with Gasteiger partial charge in [0.15, 0.2) is 0 Å². The summed E-state index contributed by atoms with van der Waals surface area (Å²) in [5, 5.41) is 2.88. The average Bonchev–Trinajstić information content (AvgIpc) is 2.85. The Balaban J connectivity index is 1.61. The third-order valence-corrected chi connectivity index (χ3v) is 7.06. The van der Waals surface area contributed by atoms with Crippen LogP contribution in [0.4, 0.5) is 5.69 Å². The first-order chi connectivity index (χ1) is 16.3. The molecule has 1 fully saturated rings. The molecule has 1 saturated heterocycles. The minimum absolute atomic E-state index is 0.123. The molecule has 1 aliphatic heterocycles. The fourth-order valence-electron chi connectivity index (χ4n) is 3.87. The number of hydrogen-bond acceptors (Lipinski definition) is 5. The minimum atomic E-state index is -3.70. The molecule has 1 N–H and O–H groups in total. The van der Waals surface area contributed by atoms with Crippen molar-refractivity contribution >= 4 is 27.5 Å². The van der Waals surface area contributed by atoms with Crippen molar-refractivity contribution in [3.05, 3.63) is 65.7 Å². The van der Waals surface area contributed by atoms with Gasteiger partial charge in [-0.1, -0.05) is 43.7 Å². The van der Waals surface area contributed by atoms with Crippen molar-refractivity contribution in [2.24, 2.45) is 5.92 Å². The molecule has 2 aromatic carbocycles. The first kappa shape index (κ1) is 25.7. The topological polar surface area (TPSA) is 96.0 Å². The highest BCUT2D eigenvalue weighted by atomic mass is 32.2. The molecule has 0 aromatic heterocycles. The second-order valence-corrected chi connectivity index (χ2v) is 10.4. The molecule has 1 atom stereocenters. The summed E-state index contributed by atoms with van der Waals surface area (Å²) in [6, 6.07) is 16.4. The average molecular weight is 488 g/mol. The maximum Gasteiger partial charge on any atom is 0.254 e. The molecule has 3 rings (SSSR count). The Morgan fingerprint density at radius 2 is 1.71 bits per heavy atom. The van der Waals surface area contributed by atoms with Crippen LogP contribution in [-0.4, -0.2) is 70.8 Å². The van der Waals surface area contributed by atoms with Crippen molar-refractivity contribution in [1.29, 1.82) is 0 Å². The van der Waals surface area contributed by atoms with E-state index in [4.69, 9.17) is 4.74 Å². The van der Waals surface area contributed by atoms with Gasteiger partial charge < -0.3 is 15.0 Å². The molecular weight excluding hydrogens is 454 g/mol. The lowest BCUT2D eigenvalue weighted by molar-refractivity contribution is -0.119. The van der Waals surface area contributed by atoms with Crippen LogP contribution in [0.3, 0.4) is 0 Å². The molecule has 0 bridgehead atoms. The quantitative estimate of drug-likeness (QED) is 0.555. The van der Waals surface area contributed by atoms with Gasteiger partial charge in [0.1, 0.15) is 6.54 Å². The number of sulfonamides is 1. The van der Waals surface area contributed by atoms with Gasteiger partial charge in [-0.2, -0.15) is 0 Å². The molecule has 1 aliphatic rings. The molecule has 184 valence electrons. The number of benzene rings is 2. The highest BCUT2D eigenvalue weighted by molar-refractivity contribution is 7.92. The van der Waals surface area contributed by atoms with Gasteiger partial charge in [0.2, 0.25) is 15.9 Å². The van der Waals surface area contributed by atoms with Crippen LogP contribution in [0.25, 0.3) is 0 Å². The number of nitrogens with zero attached hydrogens (tertiary/aromatic N) is 2. The number of carbonyl (C=O) groups excluding carboxylic acids is 2. The van der Waals surface area contributed by atoms with E-state index >= 15 is 0 Å². The molecule has 2 amide bonds. The fraction of sp³-hybridized carbons (Fsp3) is 0.440. The van der Waals surface area contributed by atoms with Gasteiger partial charge in [0, 0.05) is 25.2 Å². The van der Waals surface area contributed by atoms with Crippen molar-refractivity contribution < 1.29 is 22.7 Å². The Morgan fingerprint density at radius 3 is 2.29 bits per heavy atom. The maximum atomic E-state index is 12.6. The van der Waals surface area contributed by atoms with Crippen LogP contribution in [0.5, 0.6) is 0 Å². The predicted octanol–water partition coefficient (Wildman–Crippen LogP) is 2.31. The molecule has 2 aromatic rings. The van der Waals surface area contributed by atoms with Crippen LogP contribution in [-0.2, 0) is 26.0 Å². The largest absolute Gasteiger partial charge is 0.378 e. The Morgan fingerprint density at radius 1 is 1.06 bits per heavy atom. The second-order valence-electron chi connectivity index (χ2n) is 8.49. The Kier molecular flexibility index (Phi) is 9.06. The highest BCUT2D eigenvalue weighted by Crippen LogP contribution is 2.19. The first-order valence-electron chi connectivity index (χ1n) is 11.5. The number of carbonyl (C=O) groups is 2. The molecule has 1 heterocycles. The summed E-state index contributed by atoms with van der Waals surface area (Å²) < 4.78 is 31.2. The lowest BCUT2D eigenvalue weighted by Gasteiger charge is -2.27. The third-order valence-electron chi connectivity index (χ3n) is 5.92. The van der Waals surface area contributed by atoms with Gasteiger partial charge >= 0.3 is 0 Å². The van der Waals surface area contributed by atoms with Gasteiger partial charge in [-0.15, -0.1) is 0 Å². The van der Waals surface area contributed by atoms with E-state index in [0.717, 1.165) is 23.4 Å². The summed E-state index contributed by atoms with van der Waals surface area (Å²) in [5.41, 5.74) is 2.01. The number of rotatable bonds is 10. The summed E-state index contributed by atoms with van der Waals surface area (Å²) in [6.07, 6.45) is 2.80. The van der Waals surface area contributed by atoms with Gasteiger partial charge in [0.05, 0.1) is 25.2 Å². The molecule has 34 heavy (non-hydrogen) atoms. The third kappa shape index (κ3) is 7.30. The maximum absolute atomic E-state index is 12.6. The highest BCUT2D eigenvalue weighted by Gasteiger charge is 2.23. The second kappa shape index (κ2) is 12.0. The zero-order valence-corrected chi connectivity index (χ0v) is 20.6. The lowest BCUT2D eigenvalue weighted by Crippen LogP contribution is -2.42. The normalized spacial score (nSPS) is 14.9. The zero-order chi connectivity index (χ0) is 24.6. The van der Waals surface area contributed by atoms with E-state index in [9.17, 15) is 18.0 Å². The fourth-order valence-corrected chi connectivity index (χ4v) is 4.73. The summed E-state index contributed by atoms with van der Waals surface area (Å²) in [5.74, 6) is -0.239. The molecule has 8 nitrogen and oxygen atoms in total. The van der Waals surface area contributed by atoms with E-state index in [1.54, 1.807) is 29.2 Å². The van der Waals surface area contributed by atoms with Crippen molar-refractivity contribution in [3.63, 3.8) is 0 Å². The van der Waals surface area contributed by atoms with Gasteiger partial charge in [-0.25, -0.2) is 8.42 Å². The lowest BCUT2D eigenvalue weighted by atomic mass is 9.97. The predicted molar refractivity (Wildman–Crippen MR) is 132 cm³/mol. The number of nitrogens with one attached hydrogen (secondary N) is 1. The summed E-state index contributed by atoms with van der Waals surface area (Å²) in [6.45, 7) is 4.28.